The van der Waals surface area contributed by atoms with Gasteiger partial charge < -0.3 is 4.74 Å². The number of hydrogen-bond acceptors (Lipinski definition) is 2. The van der Waals surface area contributed by atoms with Crippen molar-refractivity contribution in [3.05, 3.63) is 36.8 Å². The molecule has 2 nitrogen and oxygen atoms in total. The van der Waals surface area contributed by atoms with E-state index in [1.54, 1.807) is 18.7 Å². The molecule has 10 heavy (non-hydrogen) atoms. The van der Waals surface area contributed by atoms with E-state index in [1.165, 1.54) is 0 Å². The van der Waals surface area contributed by atoms with Gasteiger partial charge in [-0.15, -0.1) is 0 Å². The Morgan fingerprint density at radius 3 is 3.00 bits per heavy atom. The summed E-state index contributed by atoms with van der Waals surface area (Å²) in [6.45, 7) is 0.536. The monoisotopic (exact) mass is 135 g/mol. The summed E-state index contributed by atoms with van der Waals surface area (Å²) in [6.07, 6.45) is 12.6. The number of ether oxygens (including phenoxy) is 1. The van der Waals surface area contributed by atoms with E-state index >= 15 is 0 Å². The molecule has 0 spiro atoms. The predicted molar refractivity (Wildman–Crippen MR) is 41.9 cm³/mol. The average molecular weight is 135 g/mol. The van der Waals surface area contributed by atoms with Crippen molar-refractivity contribution in [2.24, 2.45) is 4.99 Å². The average Bonchev–Trinajstić information content (AvgIpc) is 2.01. The maximum atomic E-state index is 5.00. The van der Waals surface area contributed by atoms with Crippen molar-refractivity contribution in [3.63, 3.8) is 0 Å². The zero-order valence-electron chi connectivity index (χ0n) is 5.60. The highest BCUT2D eigenvalue weighted by Crippen LogP contribution is 1.84. The molecular formula is C8H9NO. The van der Waals surface area contributed by atoms with Crippen LogP contribution in [0.4, 0.5) is 0 Å². The molecule has 1 aliphatic rings. The van der Waals surface area contributed by atoms with E-state index in [2.05, 4.69) is 4.99 Å². The molecule has 1 aliphatic heterocycles. The molecule has 0 bridgehead atoms. The summed E-state index contributed by atoms with van der Waals surface area (Å²) in [5.74, 6) is 0. The Labute approximate surface area is 60.2 Å². The molecule has 1 rings (SSSR count). The molecule has 0 amide bonds. The number of hydrogen-bond donors (Lipinski definition) is 0. The molecule has 0 aromatic rings. The molecule has 0 N–H and O–H groups in total. The van der Waals surface area contributed by atoms with Crippen molar-refractivity contribution >= 4 is 6.21 Å². The first-order chi connectivity index (χ1) is 5.00. The van der Waals surface area contributed by atoms with E-state index in [0.717, 1.165) is 0 Å². The maximum absolute atomic E-state index is 5.00. The van der Waals surface area contributed by atoms with Crippen molar-refractivity contribution in [1.29, 1.82) is 0 Å². The number of rotatable bonds is 0. The Balaban J connectivity index is 2.53. The molecule has 0 fully saturated rings. The first-order valence-electron chi connectivity index (χ1n) is 3.12. The van der Waals surface area contributed by atoms with Crippen LogP contribution in [0.2, 0.25) is 0 Å². The van der Waals surface area contributed by atoms with Crippen molar-refractivity contribution < 1.29 is 4.74 Å². The van der Waals surface area contributed by atoms with E-state index in [4.69, 9.17) is 4.74 Å². The summed E-state index contributed by atoms with van der Waals surface area (Å²) in [4.78, 5) is 3.92. The van der Waals surface area contributed by atoms with Gasteiger partial charge in [0.25, 0.3) is 0 Å². The summed E-state index contributed by atoms with van der Waals surface area (Å²) in [6, 6.07) is 0. The number of allylic oxidation sites excluding steroid dienone is 4. The molecule has 0 aromatic carbocycles. The maximum Gasteiger partial charge on any atom is 0.122 e. The third-order valence-corrected chi connectivity index (χ3v) is 0.956. The van der Waals surface area contributed by atoms with Gasteiger partial charge in [0.2, 0.25) is 0 Å². The van der Waals surface area contributed by atoms with Gasteiger partial charge in [-0.3, -0.25) is 4.99 Å². The Kier molecular flexibility index (Phi) is 3.10. The van der Waals surface area contributed by atoms with Crippen LogP contribution in [-0.2, 0) is 4.74 Å². The second-order valence-corrected chi connectivity index (χ2v) is 1.72. The first kappa shape index (κ1) is 6.81. The van der Waals surface area contributed by atoms with Crippen LogP contribution >= 0.6 is 0 Å². The first-order valence-corrected chi connectivity index (χ1v) is 3.12. The van der Waals surface area contributed by atoms with Crippen molar-refractivity contribution in [3.8, 4) is 0 Å². The van der Waals surface area contributed by atoms with Gasteiger partial charge in [0.05, 0.1) is 6.26 Å². The molecule has 52 valence electrons. The molecule has 0 saturated heterocycles. The van der Waals surface area contributed by atoms with Crippen molar-refractivity contribution in [2.45, 2.75) is 0 Å². The second kappa shape index (κ2) is 4.56. The summed E-state index contributed by atoms with van der Waals surface area (Å²) in [5.41, 5.74) is 0. The van der Waals surface area contributed by atoms with E-state index < -0.39 is 0 Å². The van der Waals surface area contributed by atoms with Crippen LogP contribution in [0.15, 0.2) is 41.8 Å². The van der Waals surface area contributed by atoms with Crippen molar-refractivity contribution in [2.75, 3.05) is 6.61 Å². The van der Waals surface area contributed by atoms with Crippen LogP contribution in [0.3, 0.4) is 0 Å². The van der Waals surface area contributed by atoms with Crippen molar-refractivity contribution in [1.82, 2.24) is 0 Å². The highest BCUT2D eigenvalue weighted by Gasteiger charge is 1.73. The topological polar surface area (TPSA) is 21.6 Å². The van der Waals surface area contributed by atoms with Crippen LogP contribution in [-0.4, -0.2) is 12.8 Å². The van der Waals surface area contributed by atoms with Crippen LogP contribution in [0.5, 0.6) is 0 Å². The van der Waals surface area contributed by atoms with Gasteiger partial charge in [-0.2, -0.15) is 0 Å². The van der Waals surface area contributed by atoms with E-state index in [9.17, 15) is 0 Å². The third-order valence-electron chi connectivity index (χ3n) is 0.956. The normalized spacial score (nSPS) is 16.8. The Hall–Kier alpha value is -1.31. The standard InChI is InChI=1S/C8H9NO/c1-2-4-7-10-8-6-9-5-3-1/h1-7H,8H2. The highest BCUT2D eigenvalue weighted by molar-refractivity contribution is 5.59. The van der Waals surface area contributed by atoms with Gasteiger partial charge >= 0.3 is 0 Å². The molecule has 2 heteroatoms. The molecule has 0 saturated carbocycles. The van der Waals surface area contributed by atoms with Gasteiger partial charge in [-0.1, -0.05) is 12.2 Å². The number of nitrogens with zero attached hydrogens (tertiary/aromatic N) is 1. The van der Waals surface area contributed by atoms with Gasteiger partial charge in [-0.25, -0.2) is 0 Å². The molecule has 1 heterocycles. The molecule has 0 aliphatic carbocycles. The van der Waals surface area contributed by atoms with Gasteiger partial charge in [-0.05, 0) is 12.2 Å². The largest absolute Gasteiger partial charge is 0.496 e. The summed E-state index contributed by atoms with van der Waals surface area (Å²) in [7, 11) is 0. The van der Waals surface area contributed by atoms with E-state index in [1.807, 2.05) is 24.3 Å². The summed E-state index contributed by atoms with van der Waals surface area (Å²) >= 11 is 0. The quantitative estimate of drug-likeness (QED) is 0.495. The minimum absolute atomic E-state index is 0.536. The fourth-order valence-corrected chi connectivity index (χ4v) is 0.531. The lowest BCUT2D eigenvalue weighted by molar-refractivity contribution is 0.306. The molecule has 0 unspecified atom stereocenters. The molecular weight excluding hydrogens is 126 g/mol. The van der Waals surface area contributed by atoms with Crippen LogP contribution in [0.1, 0.15) is 0 Å². The lowest BCUT2D eigenvalue weighted by Gasteiger charge is -1.91. The van der Waals surface area contributed by atoms with Gasteiger partial charge in [0.15, 0.2) is 0 Å². The molecule has 0 aromatic heterocycles. The van der Waals surface area contributed by atoms with Gasteiger partial charge in [0.1, 0.15) is 6.61 Å². The van der Waals surface area contributed by atoms with Crippen LogP contribution < -0.4 is 0 Å². The van der Waals surface area contributed by atoms with E-state index in [0.29, 0.717) is 6.61 Å². The predicted octanol–water partition coefficient (Wildman–Crippen LogP) is 1.67. The third kappa shape index (κ3) is 2.87. The fourth-order valence-electron chi connectivity index (χ4n) is 0.531. The SMILES string of the molecule is C1=CC=COCC=NC=C1. The van der Waals surface area contributed by atoms with Crippen LogP contribution in [0, 0.1) is 0 Å². The minimum atomic E-state index is 0.536. The second-order valence-electron chi connectivity index (χ2n) is 1.72. The molecule has 0 atom stereocenters. The lowest BCUT2D eigenvalue weighted by Crippen LogP contribution is -1.86. The smallest absolute Gasteiger partial charge is 0.122 e. The summed E-state index contributed by atoms with van der Waals surface area (Å²) in [5, 5.41) is 0. The Morgan fingerprint density at radius 1 is 1.10 bits per heavy atom. The Morgan fingerprint density at radius 2 is 2.00 bits per heavy atom. The number of aliphatic imine (C=N–C) groups is 1. The fraction of sp³-hybridized carbons (Fsp3) is 0.125. The molecule has 0 radical (unpaired) electrons. The zero-order valence-corrected chi connectivity index (χ0v) is 5.60. The zero-order chi connectivity index (χ0) is 7.07. The highest BCUT2D eigenvalue weighted by atomic mass is 16.5. The van der Waals surface area contributed by atoms with E-state index in [-0.39, 0.29) is 0 Å². The summed E-state index contributed by atoms with van der Waals surface area (Å²) < 4.78 is 5.00. The minimum Gasteiger partial charge on any atom is -0.496 e. The lowest BCUT2D eigenvalue weighted by atomic mass is 10.4. The van der Waals surface area contributed by atoms with Gasteiger partial charge in [0, 0.05) is 12.4 Å². The van der Waals surface area contributed by atoms with Crippen LogP contribution in [0.25, 0.3) is 0 Å². The Bertz CT molecular complexity index is 167.